The van der Waals surface area contributed by atoms with Gasteiger partial charge < -0.3 is 29.0 Å². The quantitative estimate of drug-likeness (QED) is 0.256. The number of ether oxygens (including phenoxy) is 3. The van der Waals surface area contributed by atoms with Crippen molar-refractivity contribution >= 4 is 42.4 Å². The highest BCUT2D eigenvalue weighted by molar-refractivity contribution is 6.76. The molecule has 2 fully saturated rings. The summed E-state index contributed by atoms with van der Waals surface area (Å²) >= 11 is 6.45. The highest BCUT2D eigenvalue weighted by Crippen LogP contribution is 2.40. The van der Waals surface area contributed by atoms with E-state index >= 15 is 0 Å². The van der Waals surface area contributed by atoms with E-state index in [-0.39, 0.29) is 23.6 Å². The summed E-state index contributed by atoms with van der Waals surface area (Å²) in [5.41, 5.74) is 0.493. The van der Waals surface area contributed by atoms with Crippen LogP contribution in [0.1, 0.15) is 6.42 Å². The van der Waals surface area contributed by atoms with E-state index in [4.69, 9.17) is 25.8 Å². The lowest BCUT2D eigenvalue weighted by Crippen LogP contribution is -2.59. The van der Waals surface area contributed by atoms with Crippen LogP contribution in [0.15, 0.2) is 30.6 Å². The first-order chi connectivity index (χ1) is 18.0. The Hall–Kier alpha value is -2.73. The minimum atomic E-state index is -1.23. The predicted octanol–water partition coefficient (Wildman–Crippen LogP) is 6.33. The molecule has 38 heavy (non-hydrogen) atoms. The summed E-state index contributed by atoms with van der Waals surface area (Å²) in [7, 11) is -1.23. The van der Waals surface area contributed by atoms with Crippen molar-refractivity contribution in [3.05, 3.63) is 47.2 Å². The SMILES string of the molecule is C[Si](C)(C)CCOCn1cc(Cl)c2c(Oc3c(F)cc(NC(=O)N4CC5(CCOC5)C4)cc3F)ccnc21. The molecule has 0 aliphatic carbocycles. The van der Waals surface area contributed by atoms with Gasteiger partial charge in [-0.1, -0.05) is 31.2 Å². The summed E-state index contributed by atoms with van der Waals surface area (Å²) in [4.78, 5) is 18.5. The van der Waals surface area contributed by atoms with Crippen LogP contribution in [0.4, 0.5) is 19.3 Å². The number of anilines is 1. The maximum atomic E-state index is 15.0. The van der Waals surface area contributed by atoms with E-state index in [0.717, 1.165) is 24.6 Å². The first-order valence-corrected chi connectivity index (χ1v) is 16.6. The van der Waals surface area contributed by atoms with Gasteiger partial charge in [0.25, 0.3) is 0 Å². The number of pyridine rings is 1. The second-order valence-corrected chi connectivity index (χ2v) is 17.3. The number of likely N-dealkylation sites (tertiary alicyclic amines) is 1. The van der Waals surface area contributed by atoms with Gasteiger partial charge in [0.05, 0.1) is 17.0 Å². The van der Waals surface area contributed by atoms with Crippen molar-refractivity contribution in [1.29, 1.82) is 0 Å². The molecule has 1 aromatic carbocycles. The minimum Gasteiger partial charge on any atom is -0.450 e. The zero-order valence-electron chi connectivity index (χ0n) is 21.7. The van der Waals surface area contributed by atoms with Crippen molar-refractivity contribution in [1.82, 2.24) is 14.5 Å². The van der Waals surface area contributed by atoms with Gasteiger partial charge in [-0.15, -0.1) is 0 Å². The molecule has 0 atom stereocenters. The number of nitrogens with one attached hydrogen (secondary N) is 1. The molecule has 5 rings (SSSR count). The standard InChI is InChI=1S/C26H31ClF2N4O4Si/c1-38(2,3)9-8-36-16-32-12-18(27)22-21(4-6-30-24(22)32)37-23-19(28)10-17(11-20(23)29)31-25(34)33-13-26(14-33)5-7-35-15-26/h4,6,10-12H,5,7-9,13-16H2,1-3H3,(H,31,34). The number of rotatable bonds is 8. The largest absolute Gasteiger partial charge is 0.450 e. The molecule has 1 spiro atoms. The zero-order chi connectivity index (χ0) is 27.1. The average molecular weight is 565 g/mol. The fourth-order valence-electron chi connectivity index (χ4n) is 4.71. The first kappa shape index (κ1) is 26.9. The Morgan fingerprint density at radius 3 is 2.66 bits per heavy atom. The second kappa shape index (κ2) is 10.4. The number of aromatic nitrogens is 2. The molecule has 12 heteroatoms. The smallest absolute Gasteiger partial charge is 0.321 e. The highest BCUT2D eigenvalue weighted by Gasteiger charge is 2.47. The molecule has 204 valence electrons. The molecule has 0 unspecified atom stereocenters. The third-order valence-electron chi connectivity index (χ3n) is 6.89. The predicted molar refractivity (Wildman–Crippen MR) is 144 cm³/mol. The molecule has 4 heterocycles. The Morgan fingerprint density at radius 1 is 1.26 bits per heavy atom. The van der Waals surface area contributed by atoms with Crippen molar-refractivity contribution in [2.75, 3.05) is 38.2 Å². The van der Waals surface area contributed by atoms with E-state index < -0.39 is 31.5 Å². The van der Waals surface area contributed by atoms with Gasteiger partial charge in [0, 0.05) is 70.0 Å². The van der Waals surface area contributed by atoms with Crippen molar-refractivity contribution < 1.29 is 27.8 Å². The van der Waals surface area contributed by atoms with E-state index in [1.807, 2.05) is 0 Å². The van der Waals surface area contributed by atoms with Gasteiger partial charge in [-0.3, -0.25) is 0 Å². The van der Waals surface area contributed by atoms with E-state index in [1.165, 1.54) is 12.3 Å². The first-order valence-electron chi connectivity index (χ1n) is 12.6. The van der Waals surface area contributed by atoms with Crippen LogP contribution in [-0.2, 0) is 16.2 Å². The molecule has 8 nitrogen and oxygen atoms in total. The van der Waals surface area contributed by atoms with Gasteiger partial charge in [-0.05, 0) is 18.5 Å². The monoisotopic (exact) mass is 564 g/mol. The van der Waals surface area contributed by atoms with Gasteiger partial charge in [0.2, 0.25) is 0 Å². The van der Waals surface area contributed by atoms with E-state index in [2.05, 4.69) is 29.9 Å². The number of carbonyl (C=O) groups is 1. The van der Waals surface area contributed by atoms with Crippen LogP contribution >= 0.6 is 11.6 Å². The number of benzene rings is 1. The van der Waals surface area contributed by atoms with Gasteiger partial charge >= 0.3 is 6.03 Å². The molecule has 1 N–H and O–H groups in total. The molecular formula is C26H31ClF2N4O4Si. The van der Waals surface area contributed by atoms with Crippen LogP contribution in [0.25, 0.3) is 11.0 Å². The Morgan fingerprint density at radius 2 is 2.00 bits per heavy atom. The summed E-state index contributed by atoms with van der Waals surface area (Å²) < 4.78 is 48.6. The molecule has 0 bridgehead atoms. The number of nitrogens with zero attached hydrogens (tertiary/aromatic N) is 3. The van der Waals surface area contributed by atoms with E-state index in [1.54, 1.807) is 15.7 Å². The number of fused-ring (bicyclic) bond motifs is 1. The fraction of sp³-hybridized carbons (Fsp3) is 0.462. The summed E-state index contributed by atoms with van der Waals surface area (Å²) in [5, 5.41) is 3.30. The third kappa shape index (κ3) is 5.65. The summed E-state index contributed by atoms with van der Waals surface area (Å²) in [6.07, 6.45) is 4.04. The van der Waals surface area contributed by atoms with E-state index in [9.17, 15) is 13.6 Å². The lowest BCUT2D eigenvalue weighted by atomic mass is 9.79. The van der Waals surface area contributed by atoms with Crippen LogP contribution in [0.2, 0.25) is 30.7 Å². The van der Waals surface area contributed by atoms with Gasteiger partial charge in [-0.2, -0.15) is 0 Å². The molecule has 2 aromatic heterocycles. The van der Waals surface area contributed by atoms with Crippen LogP contribution in [0.5, 0.6) is 11.5 Å². The van der Waals surface area contributed by atoms with Crippen molar-refractivity contribution in [2.45, 2.75) is 38.8 Å². The minimum absolute atomic E-state index is 0.000462. The number of carbonyl (C=O) groups excluding carboxylic acids is 1. The topological polar surface area (TPSA) is 77.9 Å². The molecule has 2 aliphatic rings. The van der Waals surface area contributed by atoms with Gasteiger partial charge in [0.1, 0.15) is 18.1 Å². The van der Waals surface area contributed by atoms with Crippen LogP contribution in [0.3, 0.4) is 0 Å². The number of hydrogen-bond acceptors (Lipinski definition) is 5. The normalized spacial score (nSPS) is 16.7. The Bertz CT molecular complexity index is 1330. The summed E-state index contributed by atoms with van der Waals surface area (Å²) in [6.45, 7) is 10.1. The lowest BCUT2D eigenvalue weighted by molar-refractivity contribution is 0.0255. The Kier molecular flexibility index (Phi) is 7.38. The zero-order valence-corrected chi connectivity index (χ0v) is 23.4. The number of urea groups is 1. The van der Waals surface area contributed by atoms with Gasteiger partial charge in [0.15, 0.2) is 17.4 Å². The fourth-order valence-corrected chi connectivity index (χ4v) is 5.76. The summed E-state index contributed by atoms with van der Waals surface area (Å²) in [5.74, 6) is -2.36. The van der Waals surface area contributed by atoms with Gasteiger partial charge in [-0.25, -0.2) is 18.6 Å². The molecule has 2 amide bonds. The van der Waals surface area contributed by atoms with Crippen LogP contribution in [-0.4, -0.2) is 61.5 Å². The Labute approximate surface area is 225 Å². The number of amides is 2. The summed E-state index contributed by atoms with van der Waals surface area (Å²) in [6, 6.07) is 4.16. The average Bonchev–Trinajstić information content (AvgIpc) is 3.43. The number of halogens is 3. The van der Waals surface area contributed by atoms with Crippen LogP contribution in [0, 0.1) is 17.0 Å². The van der Waals surface area contributed by atoms with Crippen molar-refractivity contribution in [3.63, 3.8) is 0 Å². The highest BCUT2D eigenvalue weighted by atomic mass is 35.5. The van der Waals surface area contributed by atoms with Crippen molar-refractivity contribution in [2.24, 2.45) is 5.41 Å². The molecule has 2 aliphatic heterocycles. The van der Waals surface area contributed by atoms with Crippen LogP contribution < -0.4 is 10.1 Å². The molecule has 3 aromatic rings. The second-order valence-electron chi connectivity index (χ2n) is 11.3. The molecular weight excluding hydrogens is 534 g/mol. The van der Waals surface area contributed by atoms with E-state index in [0.29, 0.717) is 49.0 Å². The Balaban J connectivity index is 1.28. The molecule has 0 saturated carbocycles. The molecule has 2 saturated heterocycles. The maximum absolute atomic E-state index is 15.0. The number of hydrogen-bond donors (Lipinski definition) is 1. The lowest BCUT2D eigenvalue weighted by Gasteiger charge is -2.46. The molecule has 0 radical (unpaired) electrons. The van der Waals surface area contributed by atoms with Crippen molar-refractivity contribution in [3.8, 4) is 11.5 Å². The maximum Gasteiger partial charge on any atom is 0.321 e. The third-order valence-corrected chi connectivity index (χ3v) is 8.88.